The van der Waals surface area contributed by atoms with E-state index in [1.165, 1.54) is 12.1 Å². The standard InChI is InChI=1S/C8H6Cl2N2O3/c9-3-7(13)5-1-4(11)2-6(10)8(5)12(14)15/h1-2H,3,11H2. The number of carbonyl (C=O) groups excluding carboxylic acids is 1. The van der Waals surface area contributed by atoms with Gasteiger partial charge in [-0.05, 0) is 12.1 Å². The normalized spacial score (nSPS) is 10.0. The molecule has 1 rings (SSSR count). The van der Waals surface area contributed by atoms with E-state index in [2.05, 4.69) is 0 Å². The summed E-state index contributed by atoms with van der Waals surface area (Å²) in [6, 6.07) is 2.40. The van der Waals surface area contributed by atoms with E-state index >= 15 is 0 Å². The van der Waals surface area contributed by atoms with Gasteiger partial charge in [-0.3, -0.25) is 14.9 Å². The van der Waals surface area contributed by atoms with Gasteiger partial charge in [0.15, 0.2) is 5.78 Å². The van der Waals surface area contributed by atoms with E-state index in [1.807, 2.05) is 0 Å². The van der Waals surface area contributed by atoms with Gasteiger partial charge in [-0.1, -0.05) is 11.6 Å². The van der Waals surface area contributed by atoms with E-state index in [4.69, 9.17) is 28.9 Å². The Kier molecular flexibility index (Phi) is 3.49. The van der Waals surface area contributed by atoms with Gasteiger partial charge in [-0.2, -0.15) is 0 Å². The van der Waals surface area contributed by atoms with Crippen molar-refractivity contribution in [3.8, 4) is 0 Å². The third kappa shape index (κ3) is 2.37. The first kappa shape index (κ1) is 11.7. The van der Waals surface area contributed by atoms with Crippen LogP contribution in [0.2, 0.25) is 5.02 Å². The highest BCUT2D eigenvalue weighted by atomic mass is 35.5. The molecule has 2 N–H and O–H groups in total. The maximum absolute atomic E-state index is 11.3. The Morgan fingerprint density at radius 2 is 2.13 bits per heavy atom. The second-order valence-electron chi connectivity index (χ2n) is 2.71. The van der Waals surface area contributed by atoms with Gasteiger partial charge in [-0.15, -0.1) is 11.6 Å². The van der Waals surface area contributed by atoms with Crippen molar-refractivity contribution in [3.05, 3.63) is 32.8 Å². The lowest BCUT2D eigenvalue weighted by Crippen LogP contribution is -2.06. The quantitative estimate of drug-likeness (QED) is 0.292. The largest absolute Gasteiger partial charge is 0.399 e. The van der Waals surface area contributed by atoms with Gasteiger partial charge in [0, 0.05) is 5.69 Å². The second kappa shape index (κ2) is 4.46. The Balaban J connectivity index is 3.46. The third-order valence-electron chi connectivity index (χ3n) is 1.69. The van der Waals surface area contributed by atoms with Crippen molar-refractivity contribution in [1.82, 2.24) is 0 Å². The highest BCUT2D eigenvalue weighted by Crippen LogP contribution is 2.31. The minimum Gasteiger partial charge on any atom is -0.399 e. The van der Waals surface area contributed by atoms with E-state index in [9.17, 15) is 14.9 Å². The van der Waals surface area contributed by atoms with Crippen LogP contribution in [0.25, 0.3) is 0 Å². The number of halogens is 2. The second-order valence-corrected chi connectivity index (χ2v) is 3.39. The molecule has 80 valence electrons. The first-order valence-electron chi connectivity index (χ1n) is 3.80. The lowest BCUT2D eigenvalue weighted by molar-refractivity contribution is -0.384. The number of anilines is 1. The molecule has 1 aromatic rings. The van der Waals surface area contributed by atoms with Crippen molar-refractivity contribution in [2.24, 2.45) is 0 Å². The molecule has 1 aromatic carbocycles. The molecule has 0 unspecified atom stereocenters. The van der Waals surface area contributed by atoms with Gasteiger partial charge < -0.3 is 5.73 Å². The fourth-order valence-corrected chi connectivity index (χ4v) is 1.53. The zero-order chi connectivity index (χ0) is 11.6. The maximum Gasteiger partial charge on any atom is 0.298 e. The summed E-state index contributed by atoms with van der Waals surface area (Å²) in [5.41, 5.74) is 4.97. The molecule has 0 bridgehead atoms. The molecular weight excluding hydrogens is 243 g/mol. The number of nitro benzene ring substituents is 1. The number of nitro groups is 1. The van der Waals surface area contributed by atoms with Crippen molar-refractivity contribution in [2.75, 3.05) is 11.6 Å². The van der Waals surface area contributed by atoms with Gasteiger partial charge in [-0.25, -0.2) is 0 Å². The Bertz CT molecular complexity index is 434. The smallest absolute Gasteiger partial charge is 0.298 e. The Morgan fingerprint density at radius 1 is 1.53 bits per heavy atom. The van der Waals surface area contributed by atoms with Crippen molar-refractivity contribution in [2.45, 2.75) is 0 Å². The summed E-state index contributed by atoms with van der Waals surface area (Å²) >= 11 is 10.9. The Morgan fingerprint density at radius 3 is 2.60 bits per heavy atom. The summed E-state index contributed by atoms with van der Waals surface area (Å²) in [7, 11) is 0. The molecule has 5 nitrogen and oxygen atoms in total. The molecule has 0 aliphatic heterocycles. The fraction of sp³-hybridized carbons (Fsp3) is 0.125. The van der Waals surface area contributed by atoms with Gasteiger partial charge in [0.05, 0.1) is 10.8 Å². The predicted octanol–water partition coefficient (Wildman–Crippen LogP) is 2.25. The molecule has 0 atom stereocenters. The molecule has 15 heavy (non-hydrogen) atoms. The number of nitrogens with two attached hydrogens (primary N) is 1. The number of alkyl halides is 1. The van der Waals surface area contributed by atoms with Gasteiger partial charge >= 0.3 is 0 Å². The fourth-order valence-electron chi connectivity index (χ4n) is 1.09. The number of hydrogen-bond donors (Lipinski definition) is 1. The molecule has 0 aromatic heterocycles. The van der Waals surface area contributed by atoms with Crippen LogP contribution in [0.5, 0.6) is 0 Å². The van der Waals surface area contributed by atoms with Crippen LogP contribution in [-0.2, 0) is 0 Å². The highest BCUT2D eigenvalue weighted by molar-refractivity contribution is 6.35. The predicted molar refractivity (Wildman–Crippen MR) is 57.6 cm³/mol. The van der Waals surface area contributed by atoms with E-state index in [0.29, 0.717) is 0 Å². The van der Waals surface area contributed by atoms with Crippen LogP contribution >= 0.6 is 23.2 Å². The van der Waals surface area contributed by atoms with Crippen LogP contribution in [0.1, 0.15) is 10.4 Å². The monoisotopic (exact) mass is 248 g/mol. The number of rotatable bonds is 3. The molecule has 0 aliphatic rings. The first-order chi connectivity index (χ1) is 6.97. The Hall–Kier alpha value is -1.33. The minimum atomic E-state index is -0.735. The molecule has 0 spiro atoms. The third-order valence-corrected chi connectivity index (χ3v) is 2.22. The lowest BCUT2D eigenvalue weighted by Gasteiger charge is -2.03. The van der Waals surface area contributed by atoms with E-state index in [-0.39, 0.29) is 22.2 Å². The molecule has 0 aliphatic carbocycles. The number of carbonyl (C=O) groups is 1. The summed E-state index contributed by atoms with van der Waals surface area (Å²) in [5, 5.41) is 10.5. The van der Waals surface area contributed by atoms with Crippen LogP contribution in [0.3, 0.4) is 0 Å². The van der Waals surface area contributed by atoms with Crippen molar-refractivity contribution in [3.63, 3.8) is 0 Å². The van der Waals surface area contributed by atoms with Gasteiger partial charge in [0.1, 0.15) is 10.6 Å². The first-order valence-corrected chi connectivity index (χ1v) is 4.71. The summed E-state index contributed by atoms with van der Waals surface area (Å²) < 4.78 is 0. The average molecular weight is 249 g/mol. The molecule has 0 amide bonds. The molecular formula is C8H6Cl2N2O3. The molecule has 7 heteroatoms. The van der Waals surface area contributed by atoms with E-state index in [0.717, 1.165) is 0 Å². The van der Waals surface area contributed by atoms with E-state index in [1.54, 1.807) is 0 Å². The van der Waals surface area contributed by atoms with Crippen molar-refractivity contribution in [1.29, 1.82) is 0 Å². The van der Waals surface area contributed by atoms with Crippen LogP contribution in [0.15, 0.2) is 12.1 Å². The van der Waals surface area contributed by atoms with Gasteiger partial charge in [0.25, 0.3) is 5.69 Å². The summed E-state index contributed by atoms with van der Waals surface area (Å²) in [6.07, 6.45) is 0. The van der Waals surface area contributed by atoms with Crippen LogP contribution in [0, 0.1) is 10.1 Å². The summed E-state index contributed by atoms with van der Waals surface area (Å²) in [4.78, 5) is 21.2. The zero-order valence-electron chi connectivity index (χ0n) is 7.37. The number of benzene rings is 1. The topological polar surface area (TPSA) is 86.2 Å². The number of nitrogen functional groups attached to an aromatic ring is 1. The number of nitrogens with zero attached hydrogens (tertiary/aromatic N) is 1. The van der Waals surface area contributed by atoms with Gasteiger partial charge in [0.2, 0.25) is 0 Å². The minimum absolute atomic E-state index is 0.167. The number of Topliss-reactive ketones (excluding diaryl/α,β-unsaturated/α-hetero) is 1. The summed E-state index contributed by atoms with van der Waals surface area (Å²) in [6.45, 7) is 0. The number of ketones is 1. The van der Waals surface area contributed by atoms with Crippen LogP contribution in [-0.4, -0.2) is 16.6 Å². The molecule has 0 saturated carbocycles. The molecule has 0 fully saturated rings. The Labute approximate surface area is 94.9 Å². The van der Waals surface area contributed by atoms with Crippen LogP contribution < -0.4 is 5.73 Å². The average Bonchev–Trinajstić information content (AvgIpc) is 2.14. The highest BCUT2D eigenvalue weighted by Gasteiger charge is 2.23. The molecule has 0 heterocycles. The maximum atomic E-state index is 11.3. The lowest BCUT2D eigenvalue weighted by atomic mass is 10.1. The SMILES string of the molecule is Nc1cc(Cl)c([N+](=O)[O-])c(C(=O)CCl)c1. The zero-order valence-corrected chi connectivity index (χ0v) is 8.88. The van der Waals surface area contributed by atoms with Crippen LogP contribution in [0.4, 0.5) is 11.4 Å². The van der Waals surface area contributed by atoms with Crippen molar-refractivity contribution < 1.29 is 9.72 Å². The van der Waals surface area contributed by atoms with Crippen molar-refractivity contribution >= 4 is 40.4 Å². The number of hydrogen-bond acceptors (Lipinski definition) is 4. The summed E-state index contributed by atoms with van der Waals surface area (Å²) in [5.74, 6) is -0.946. The van der Waals surface area contributed by atoms with E-state index < -0.39 is 16.4 Å². The molecule has 0 saturated heterocycles. The molecule has 0 radical (unpaired) electrons.